The van der Waals surface area contributed by atoms with Crippen LogP contribution in [-0.2, 0) is 7.05 Å². The molecule has 0 aliphatic carbocycles. The molecule has 0 bridgehead atoms. The van der Waals surface area contributed by atoms with Crippen LogP contribution in [0.4, 0.5) is 11.6 Å². The van der Waals surface area contributed by atoms with Crippen LogP contribution in [0.25, 0.3) is 11.6 Å². The molecule has 1 aromatic heterocycles. The zero-order valence-electron chi connectivity index (χ0n) is 10.2. The second-order valence-corrected chi connectivity index (χ2v) is 5.24. The molecule has 1 aromatic carbocycles. The minimum atomic E-state index is 0.0476. The van der Waals surface area contributed by atoms with E-state index >= 15 is 0 Å². The summed E-state index contributed by atoms with van der Waals surface area (Å²) in [6, 6.07) is 5.91. The van der Waals surface area contributed by atoms with E-state index in [1.807, 2.05) is 24.3 Å². The van der Waals surface area contributed by atoms with E-state index in [0.29, 0.717) is 11.6 Å². The van der Waals surface area contributed by atoms with E-state index < -0.39 is 0 Å². The highest BCUT2D eigenvalue weighted by Crippen LogP contribution is 2.35. The molecule has 2 heterocycles. The Bertz CT molecular complexity index is 730. The van der Waals surface area contributed by atoms with Gasteiger partial charge in [0.05, 0.1) is 12.7 Å². The van der Waals surface area contributed by atoms with Crippen LogP contribution in [0, 0.1) is 0 Å². The van der Waals surface area contributed by atoms with Gasteiger partial charge in [-0.1, -0.05) is 22.0 Å². The van der Waals surface area contributed by atoms with E-state index in [9.17, 15) is 5.11 Å². The Balaban J connectivity index is 2.11. The minimum absolute atomic E-state index is 0.0476. The number of allylic oxidation sites excluding steroid dienone is 1. The number of benzene rings is 1. The van der Waals surface area contributed by atoms with Gasteiger partial charge in [-0.2, -0.15) is 0 Å². The second kappa shape index (κ2) is 4.24. The average Bonchev–Trinajstić information content (AvgIpc) is 2.86. The van der Waals surface area contributed by atoms with Crippen molar-refractivity contribution >= 4 is 45.4 Å². The number of aliphatic imine (C=N–C) groups is 1. The number of aromatic nitrogens is 2. The maximum Gasteiger partial charge on any atom is 0.355 e. The van der Waals surface area contributed by atoms with E-state index in [2.05, 4.69) is 25.9 Å². The topological polar surface area (TPSA) is 78.3 Å². The van der Waals surface area contributed by atoms with Crippen molar-refractivity contribution < 1.29 is 9.67 Å². The lowest BCUT2D eigenvalue weighted by molar-refractivity contribution is -0.657. The number of nitrogens with one attached hydrogen (secondary N) is 1. The van der Waals surface area contributed by atoms with Gasteiger partial charge in [0.15, 0.2) is 5.69 Å². The lowest BCUT2D eigenvalue weighted by atomic mass is 10.1. The smallest absolute Gasteiger partial charge is 0.355 e. The van der Waals surface area contributed by atoms with Crippen LogP contribution >= 0.6 is 15.9 Å². The highest BCUT2D eigenvalue weighted by molar-refractivity contribution is 9.10. The lowest BCUT2D eigenvalue weighted by Crippen LogP contribution is -2.32. The fraction of sp³-hybridized carbons (Fsp3) is 0.0769. The third-order valence-electron chi connectivity index (χ3n) is 3.12. The molecule has 0 saturated heterocycles. The molecule has 0 spiro atoms. The summed E-state index contributed by atoms with van der Waals surface area (Å²) in [5.74, 6) is 0.446. The summed E-state index contributed by atoms with van der Waals surface area (Å²) in [5.41, 5.74) is 9.20. The SMILES string of the molecule is C[n+]1c(N)[nH]c(O)c1/C=C1\C=Nc2cc(Br)ccc21. The number of halogens is 1. The number of H-pyrrole nitrogens is 1. The number of anilines is 1. The number of nitrogens with zero attached hydrogens (tertiary/aromatic N) is 2. The summed E-state index contributed by atoms with van der Waals surface area (Å²) >= 11 is 3.42. The summed E-state index contributed by atoms with van der Waals surface area (Å²) < 4.78 is 2.68. The van der Waals surface area contributed by atoms with Crippen LogP contribution < -0.4 is 10.3 Å². The highest BCUT2D eigenvalue weighted by Gasteiger charge is 2.19. The molecule has 0 atom stereocenters. The molecule has 0 unspecified atom stereocenters. The van der Waals surface area contributed by atoms with E-state index in [1.54, 1.807) is 17.8 Å². The molecule has 0 saturated carbocycles. The zero-order valence-corrected chi connectivity index (χ0v) is 11.8. The summed E-state index contributed by atoms with van der Waals surface area (Å²) in [7, 11) is 1.78. The molecule has 1 aliphatic heterocycles. The number of hydrogen-bond donors (Lipinski definition) is 3. The maximum atomic E-state index is 9.81. The number of fused-ring (bicyclic) bond motifs is 1. The average molecular weight is 320 g/mol. The molecular weight excluding hydrogens is 308 g/mol. The molecule has 0 radical (unpaired) electrons. The monoisotopic (exact) mass is 319 g/mol. The molecule has 0 amide bonds. The zero-order chi connectivity index (χ0) is 13.6. The first-order valence-electron chi connectivity index (χ1n) is 5.68. The van der Waals surface area contributed by atoms with E-state index in [1.165, 1.54) is 0 Å². The normalized spacial score (nSPS) is 15.2. The highest BCUT2D eigenvalue weighted by atomic mass is 79.9. The molecule has 2 aromatic rings. The Morgan fingerprint density at radius 3 is 2.95 bits per heavy atom. The molecule has 96 valence electrons. The molecule has 19 heavy (non-hydrogen) atoms. The van der Waals surface area contributed by atoms with Crippen LogP contribution in [0.2, 0.25) is 0 Å². The van der Waals surface area contributed by atoms with Crippen molar-refractivity contribution in [3.05, 3.63) is 33.9 Å². The fourth-order valence-electron chi connectivity index (χ4n) is 2.05. The van der Waals surface area contributed by atoms with Gasteiger partial charge in [0.25, 0.3) is 5.88 Å². The van der Waals surface area contributed by atoms with Crippen molar-refractivity contribution in [1.29, 1.82) is 0 Å². The van der Waals surface area contributed by atoms with Crippen molar-refractivity contribution in [3.8, 4) is 5.88 Å². The van der Waals surface area contributed by atoms with Crippen molar-refractivity contribution in [2.45, 2.75) is 0 Å². The predicted octanol–water partition coefficient (Wildman–Crippen LogP) is 2.15. The van der Waals surface area contributed by atoms with Crippen LogP contribution in [0.1, 0.15) is 11.3 Å². The Hall–Kier alpha value is -2.08. The quantitative estimate of drug-likeness (QED) is 0.704. The molecule has 5 nitrogen and oxygen atoms in total. The number of nitrogen functional groups attached to an aromatic ring is 1. The third-order valence-corrected chi connectivity index (χ3v) is 3.61. The predicted molar refractivity (Wildman–Crippen MR) is 78.2 cm³/mol. The first kappa shape index (κ1) is 12.0. The van der Waals surface area contributed by atoms with Crippen molar-refractivity contribution in [2.24, 2.45) is 12.0 Å². The second-order valence-electron chi connectivity index (χ2n) is 4.32. The summed E-state index contributed by atoms with van der Waals surface area (Å²) in [6.45, 7) is 0. The minimum Gasteiger partial charge on any atom is -0.481 e. The Morgan fingerprint density at radius 1 is 1.47 bits per heavy atom. The van der Waals surface area contributed by atoms with Crippen LogP contribution in [0.5, 0.6) is 5.88 Å². The van der Waals surface area contributed by atoms with Gasteiger partial charge in [0.2, 0.25) is 0 Å². The standard InChI is InChI=1S/C13H11BrN4O/c1-18-11(12(19)17-13(18)15)4-7-6-16-10-5-8(14)2-3-9(7)10/h2-6H,1H3,(H3,15,16,17,19)/p+1. The number of hydrogen-bond acceptors (Lipinski definition) is 3. The van der Waals surface area contributed by atoms with E-state index in [4.69, 9.17) is 5.73 Å². The van der Waals surface area contributed by atoms with Crippen LogP contribution in [0.3, 0.4) is 0 Å². The molecule has 4 N–H and O–H groups in total. The van der Waals surface area contributed by atoms with Gasteiger partial charge in [-0.3, -0.25) is 10.7 Å². The maximum absolute atomic E-state index is 9.81. The molecular formula is C13H12BrN4O+. The van der Waals surface area contributed by atoms with Gasteiger partial charge in [0, 0.05) is 21.8 Å². The van der Waals surface area contributed by atoms with Gasteiger partial charge in [-0.15, -0.1) is 0 Å². The molecule has 1 aliphatic rings. The van der Waals surface area contributed by atoms with Gasteiger partial charge < -0.3 is 5.11 Å². The van der Waals surface area contributed by atoms with Crippen LogP contribution in [0.15, 0.2) is 27.7 Å². The Morgan fingerprint density at radius 2 is 2.26 bits per heavy atom. The Kier molecular flexibility index (Phi) is 2.67. The fourth-order valence-corrected chi connectivity index (χ4v) is 2.40. The number of imidazole rings is 1. The van der Waals surface area contributed by atoms with Crippen molar-refractivity contribution in [1.82, 2.24) is 4.98 Å². The van der Waals surface area contributed by atoms with Gasteiger partial charge in [-0.05, 0) is 18.2 Å². The van der Waals surface area contributed by atoms with Gasteiger partial charge in [-0.25, -0.2) is 9.55 Å². The largest absolute Gasteiger partial charge is 0.481 e. The van der Waals surface area contributed by atoms with Gasteiger partial charge in [0.1, 0.15) is 0 Å². The number of nitrogens with two attached hydrogens (primary N) is 1. The summed E-state index contributed by atoms with van der Waals surface area (Å²) in [4.78, 5) is 7.03. The number of rotatable bonds is 1. The third kappa shape index (κ3) is 1.94. The molecule has 0 fully saturated rings. The first-order valence-corrected chi connectivity index (χ1v) is 6.47. The van der Waals surface area contributed by atoms with Gasteiger partial charge >= 0.3 is 5.95 Å². The lowest BCUT2D eigenvalue weighted by Gasteiger charge is -2.00. The van der Waals surface area contributed by atoms with Crippen molar-refractivity contribution in [2.75, 3.05) is 5.73 Å². The number of aromatic amines is 1. The Labute approximate surface area is 118 Å². The molecule has 3 rings (SSSR count). The first-order chi connectivity index (χ1) is 9.06. The van der Waals surface area contributed by atoms with Crippen molar-refractivity contribution in [3.63, 3.8) is 0 Å². The van der Waals surface area contributed by atoms with Crippen LogP contribution in [-0.4, -0.2) is 16.3 Å². The summed E-state index contributed by atoms with van der Waals surface area (Å²) in [6.07, 6.45) is 3.63. The number of aromatic hydroxyl groups is 1. The van der Waals surface area contributed by atoms with E-state index in [-0.39, 0.29) is 5.88 Å². The molecule has 6 heteroatoms. The summed E-state index contributed by atoms with van der Waals surface area (Å²) in [5, 5.41) is 9.81. The van der Waals surface area contributed by atoms with E-state index in [0.717, 1.165) is 21.3 Å².